The number of hydrogen-bond donors (Lipinski definition) is 0. The zero-order valence-electron chi connectivity index (χ0n) is 8.58. The Morgan fingerprint density at radius 2 is 1.60 bits per heavy atom. The molecule has 3 aliphatic heterocycles. The Kier molecular flexibility index (Phi) is 1.62. The first-order valence-electron chi connectivity index (χ1n) is 5.00. The van der Waals surface area contributed by atoms with Gasteiger partial charge < -0.3 is 4.74 Å². The normalized spacial score (nSPS) is 42.2. The summed E-state index contributed by atoms with van der Waals surface area (Å²) in [4.78, 5) is 24.0. The summed E-state index contributed by atoms with van der Waals surface area (Å²) in [5.41, 5.74) is 0. The van der Waals surface area contributed by atoms with Gasteiger partial charge in [0.15, 0.2) is 0 Å². The quantitative estimate of drug-likeness (QED) is 0.426. The lowest BCUT2D eigenvalue weighted by Gasteiger charge is -2.23. The minimum Gasteiger partial charge on any atom is -0.365 e. The van der Waals surface area contributed by atoms with Crippen molar-refractivity contribution in [3.05, 3.63) is 12.2 Å². The lowest BCUT2D eigenvalue weighted by Crippen LogP contribution is -2.43. The van der Waals surface area contributed by atoms with E-state index in [9.17, 15) is 9.59 Å². The van der Waals surface area contributed by atoms with Gasteiger partial charge in [-0.3, -0.25) is 9.59 Å². The SMILES string of the molecule is CN(C)N1C(=O)[C@H]2[C@H](C1=O)[C@H]1C=C[C@H]2O1. The van der Waals surface area contributed by atoms with Gasteiger partial charge in [-0.15, -0.1) is 0 Å². The smallest absolute Gasteiger partial charge is 0.250 e. The van der Waals surface area contributed by atoms with E-state index in [0.29, 0.717) is 0 Å². The van der Waals surface area contributed by atoms with Gasteiger partial charge in [0.2, 0.25) is 0 Å². The van der Waals surface area contributed by atoms with Crippen molar-refractivity contribution >= 4 is 11.8 Å². The molecule has 2 fully saturated rings. The number of amides is 2. The van der Waals surface area contributed by atoms with E-state index < -0.39 is 0 Å². The van der Waals surface area contributed by atoms with E-state index in [-0.39, 0.29) is 35.9 Å². The van der Waals surface area contributed by atoms with E-state index in [1.807, 2.05) is 12.2 Å². The zero-order chi connectivity index (χ0) is 10.7. The van der Waals surface area contributed by atoms with E-state index in [0.717, 1.165) is 0 Å². The Hall–Kier alpha value is -1.20. The molecule has 0 spiro atoms. The standard InChI is InChI=1S/C10H12N2O3/c1-11(2)12-9(13)7-5-3-4-6(15-5)8(7)10(12)14/h3-8H,1-2H3/t5-,6-,7-,8-/m1/s1. The highest BCUT2D eigenvalue weighted by atomic mass is 16.5. The first-order valence-corrected chi connectivity index (χ1v) is 5.00. The van der Waals surface area contributed by atoms with Crippen LogP contribution in [0.15, 0.2) is 12.2 Å². The first kappa shape index (κ1) is 9.06. The second kappa shape index (κ2) is 2.68. The van der Waals surface area contributed by atoms with E-state index >= 15 is 0 Å². The number of imide groups is 1. The van der Waals surface area contributed by atoms with Crippen LogP contribution in [0.5, 0.6) is 0 Å². The fraction of sp³-hybridized carbons (Fsp3) is 0.600. The Labute approximate surface area is 87.2 Å². The molecule has 0 aromatic heterocycles. The number of rotatable bonds is 1. The van der Waals surface area contributed by atoms with Gasteiger partial charge in [0, 0.05) is 14.1 Å². The maximum atomic E-state index is 12.0. The fourth-order valence-corrected chi connectivity index (χ4v) is 2.68. The van der Waals surface area contributed by atoms with Gasteiger partial charge in [0.05, 0.1) is 24.0 Å². The third kappa shape index (κ3) is 0.943. The predicted octanol–water partition coefficient (Wildman–Crippen LogP) is -0.599. The molecule has 0 saturated carbocycles. The Morgan fingerprint density at radius 3 is 2.00 bits per heavy atom. The van der Waals surface area contributed by atoms with Crippen LogP contribution in [0.25, 0.3) is 0 Å². The van der Waals surface area contributed by atoms with Gasteiger partial charge in [-0.25, -0.2) is 10.0 Å². The molecule has 0 aromatic rings. The Morgan fingerprint density at radius 1 is 1.13 bits per heavy atom. The highest BCUT2D eigenvalue weighted by Crippen LogP contribution is 2.45. The summed E-state index contributed by atoms with van der Waals surface area (Å²) >= 11 is 0. The maximum absolute atomic E-state index is 12.0. The van der Waals surface area contributed by atoms with Crippen molar-refractivity contribution in [2.45, 2.75) is 12.2 Å². The van der Waals surface area contributed by atoms with Crippen LogP contribution in [-0.2, 0) is 14.3 Å². The third-order valence-corrected chi connectivity index (χ3v) is 3.29. The van der Waals surface area contributed by atoms with Gasteiger partial charge >= 0.3 is 0 Å². The fourth-order valence-electron chi connectivity index (χ4n) is 2.68. The lowest BCUT2D eigenvalue weighted by molar-refractivity contribution is -0.157. The van der Waals surface area contributed by atoms with Crippen molar-refractivity contribution in [1.29, 1.82) is 0 Å². The van der Waals surface area contributed by atoms with Crippen molar-refractivity contribution in [2.24, 2.45) is 11.8 Å². The summed E-state index contributed by atoms with van der Waals surface area (Å²) in [5.74, 6) is -0.858. The average Bonchev–Trinajstić information content (AvgIpc) is 2.79. The molecule has 2 saturated heterocycles. The molecule has 0 unspecified atom stereocenters. The molecule has 0 aliphatic carbocycles. The van der Waals surface area contributed by atoms with Crippen LogP contribution in [0.4, 0.5) is 0 Å². The minimum absolute atomic E-state index is 0.133. The molecule has 3 rings (SSSR count). The van der Waals surface area contributed by atoms with Crippen LogP contribution in [0.3, 0.4) is 0 Å². The van der Waals surface area contributed by atoms with Crippen molar-refractivity contribution < 1.29 is 14.3 Å². The van der Waals surface area contributed by atoms with Crippen LogP contribution < -0.4 is 0 Å². The predicted molar refractivity (Wildman–Crippen MR) is 50.3 cm³/mol. The van der Waals surface area contributed by atoms with Crippen LogP contribution in [0, 0.1) is 11.8 Å². The maximum Gasteiger partial charge on any atom is 0.250 e. The van der Waals surface area contributed by atoms with Gasteiger partial charge in [-0.1, -0.05) is 12.2 Å². The van der Waals surface area contributed by atoms with Crippen LogP contribution in [-0.4, -0.2) is 48.1 Å². The zero-order valence-corrected chi connectivity index (χ0v) is 8.58. The van der Waals surface area contributed by atoms with E-state index in [2.05, 4.69) is 0 Å². The molecule has 80 valence electrons. The number of fused-ring (bicyclic) bond motifs is 5. The topological polar surface area (TPSA) is 49.9 Å². The number of carbonyl (C=O) groups is 2. The monoisotopic (exact) mass is 208 g/mol. The Bertz CT molecular complexity index is 347. The second-order valence-corrected chi connectivity index (χ2v) is 4.34. The molecule has 15 heavy (non-hydrogen) atoms. The summed E-state index contributed by atoms with van der Waals surface area (Å²) in [5, 5.41) is 2.77. The number of hydrogen-bond acceptors (Lipinski definition) is 4. The largest absolute Gasteiger partial charge is 0.365 e. The number of nitrogens with zero attached hydrogens (tertiary/aromatic N) is 2. The molecular weight excluding hydrogens is 196 g/mol. The molecule has 5 heteroatoms. The molecule has 0 aromatic carbocycles. The van der Waals surface area contributed by atoms with Crippen molar-refractivity contribution in [3.8, 4) is 0 Å². The minimum atomic E-state index is -0.296. The lowest BCUT2D eigenvalue weighted by atomic mass is 9.85. The molecule has 5 nitrogen and oxygen atoms in total. The van der Waals surface area contributed by atoms with Gasteiger partial charge in [0.25, 0.3) is 11.8 Å². The molecule has 3 aliphatic rings. The third-order valence-electron chi connectivity index (χ3n) is 3.29. The molecule has 2 bridgehead atoms. The average molecular weight is 208 g/mol. The molecule has 0 N–H and O–H groups in total. The van der Waals surface area contributed by atoms with Crippen LogP contribution in [0.2, 0.25) is 0 Å². The van der Waals surface area contributed by atoms with Crippen molar-refractivity contribution in [3.63, 3.8) is 0 Å². The number of carbonyl (C=O) groups excluding carboxylic acids is 2. The molecule has 3 heterocycles. The molecular formula is C10H12N2O3. The second-order valence-electron chi connectivity index (χ2n) is 4.34. The molecule has 0 radical (unpaired) electrons. The van der Waals surface area contributed by atoms with Gasteiger partial charge in [0.1, 0.15) is 0 Å². The van der Waals surface area contributed by atoms with Crippen molar-refractivity contribution in [2.75, 3.05) is 14.1 Å². The van der Waals surface area contributed by atoms with Crippen LogP contribution >= 0.6 is 0 Å². The summed E-state index contributed by atoms with van der Waals surface area (Å²) in [6, 6.07) is 0. The summed E-state index contributed by atoms with van der Waals surface area (Å²) in [7, 11) is 3.40. The number of hydrazine groups is 1. The summed E-state index contributed by atoms with van der Waals surface area (Å²) < 4.78 is 5.51. The summed E-state index contributed by atoms with van der Waals surface area (Å²) in [6.07, 6.45) is 3.38. The molecule has 4 atom stereocenters. The highest BCUT2D eigenvalue weighted by Gasteiger charge is 2.61. The Balaban J connectivity index is 2.00. The van der Waals surface area contributed by atoms with Gasteiger partial charge in [-0.05, 0) is 0 Å². The van der Waals surface area contributed by atoms with Crippen molar-refractivity contribution in [1.82, 2.24) is 10.0 Å². The molecule has 2 amide bonds. The highest BCUT2D eigenvalue weighted by molar-refractivity contribution is 6.06. The van der Waals surface area contributed by atoms with Crippen LogP contribution in [0.1, 0.15) is 0 Å². The first-order chi connectivity index (χ1) is 7.11. The van der Waals surface area contributed by atoms with E-state index in [4.69, 9.17) is 4.74 Å². The number of ether oxygens (including phenoxy) is 1. The van der Waals surface area contributed by atoms with E-state index in [1.165, 1.54) is 5.01 Å². The summed E-state index contributed by atoms with van der Waals surface area (Å²) in [6.45, 7) is 0. The van der Waals surface area contributed by atoms with Gasteiger partial charge in [-0.2, -0.15) is 0 Å². The van der Waals surface area contributed by atoms with E-state index in [1.54, 1.807) is 19.1 Å².